The highest BCUT2D eigenvalue weighted by molar-refractivity contribution is 5.94. The third-order valence-electron chi connectivity index (χ3n) is 3.20. The minimum Gasteiger partial charge on any atom is -0.491 e. The second-order valence-electron chi connectivity index (χ2n) is 5.39. The fourth-order valence-electron chi connectivity index (χ4n) is 2.03. The van der Waals surface area contributed by atoms with E-state index >= 15 is 0 Å². The summed E-state index contributed by atoms with van der Waals surface area (Å²) in [6.45, 7) is 4.94. The zero-order chi connectivity index (χ0) is 15.9. The average molecular weight is 298 g/mol. The van der Waals surface area contributed by atoms with E-state index in [1.807, 2.05) is 50.2 Å². The van der Waals surface area contributed by atoms with Crippen molar-refractivity contribution in [2.24, 2.45) is 5.73 Å². The smallest absolute Gasteiger partial charge is 0.251 e. The van der Waals surface area contributed by atoms with Crippen LogP contribution < -0.4 is 15.8 Å². The van der Waals surface area contributed by atoms with Gasteiger partial charge in [-0.05, 0) is 49.2 Å². The highest BCUT2D eigenvalue weighted by Gasteiger charge is 2.05. The number of carbonyl (C=O) groups excluding carboxylic acids is 1. The van der Waals surface area contributed by atoms with Crippen molar-refractivity contribution in [1.82, 2.24) is 5.32 Å². The van der Waals surface area contributed by atoms with Gasteiger partial charge in [-0.25, -0.2) is 0 Å². The lowest BCUT2D eigenvalue weighted by Crippen LogP contribution is -2.22. The van der Waals surface area contributed by atoms with E-state index in [0.717, 1.165) is 16.9 Å². The van der Waals surface area contributed by atoms with Crippen molar-refractivity contribution >= 4 is 5.91 Å². The largest absolute Gasteiger partial charge is 0.491 e. The van der Waals surface area contributed by atoms with E-state index in [0.29, 0.717) is 18.7 Å². The van der Waals surface area contributed by atoms with E-state index < -0.39 is 0 Å². The van der Waals surface area contributed by atoms with Crippen LogP contribution in [-0.4, -0.2) is 12.0 Å². The maximum absolute atomic E-state index is 12.1. The molecule has 2 aromatic carbocycles. The molecule has 0 aliphatic heterocycles. The van der Waals surface area contributed by atoms with Crippen LogP contribution in [0.5, 0.6) is 5.75 Å². The number of rotatable bonds is 6. The predicted octanol–water partition coefficient (Wildman–Crippen LogP) is 2.86. The van der Waals surface area contributed by atoms with Crippen molar-refractivity contribution < 1.29 is 9.53 Å². The molecule has 0 aromatic heterocycles. The maximum atomic E-state index is 12.1. The molecule has 22 heavy (non-hydrogen) atoms. The summed E-state index contributed by atoms with van der Waals surface area (Å²) in [5, 5.41) is 2.90. The fourth-order valence-corrected chi connectivity index (χ4v) is 2.03. The van der Waals surface area contributed by atoms with Crippen LogP contribution in [0.3, 0.4) is 0 Å². The lowest BCUT2D eigenvalue weighted by molar-refractivity contribution is 0.0951. The molecule has 0 saturated carbocycles. The number of hydrogen-bond acceptors (Lipinski definition) is 3. The number of nitrogens with one attached hydrogen (secondary N) is 1. The van der Waals surface area contributed by atoms with E-state index in [1.165, 1.54) is 0 Å². The van der Waals surface area contributed by atoms with Gasteiger partial charge < -0.3 is 15.8 Å². The average Bonchev–Trinajstić information content (AvgIpc) is 2.53. The van der Waals surface area contributed by atoms with Gasteiger partial charge in [0, 0.05) is 18.7 Å². The topological polar surface area (TPSA) is 64.3 Å². The van der Waals surface area contributed by atoms with Crippen molar-refractivity contribution in [1.29, 1.82) is 0 Å². The highest BCUT2D eigenvalue weighted by Crippen LogP contribution is 2.14. The van der Waals surface area contributed by atoms with Gasteiger partial charge in [-0.1, -0.05) is 24.3 Å². The number of hydrogen-bond donors (Lipinski definition) is 2. The maximum Gasteiger partial charge on any atom is 0.251 e. The normalized spacial score (nSPS) is 10.5. The summed E-state index contributed by atoms with van der Waals surface area (Å²) in [5.74, 6) is 0.744. The molecule has 2 aromatic rings. The SMILES string of the molecule is CC(C)Oc1ccc(CNC(=O)c2ccc(CN)cc2)cc1. The molecule has 0 fully saturated rings. The Morgan fingerprint density at radius 1 is 1.05 bits per heavy atom. The molecule has 0 unspecified atom stereocenters. The van der Waals surface area contributed by atoms with E-state index in [9.17, 15) is 4.79 Å². The van der Waals surface area contributed by atoms with Crippen LogP contribution in [0.25, 0.3) is 0 Å². The van der Waals surface area contributed by atoms with Crippen molar-refractivity contribution in [2.45, 2.75) is 33.0 Å². The number of amides is 1. The standard InChI is InChI=1S/C18H22N2O2/c1-13(2)22-17-9-5-15(6-10-17)12-20-18(21)16-7-3-14(11-19)4-8-16/h3-10,13H,11-12,19H2,1-2H3,(H,20,21). The molecule has 0 bridgehead atoms. The van der Waals surface area contributed by atoms with Gasteiger partial charge in [-0.2, -0.15) is 0 Å². The van der Waals surface area contributed by atoms with Crippen molar-refractivity contribution in [2.75, 3.05) is 0 Å². The molecular weight excluding hydrogens is 276 g/mol. The summed E-state index contributed by atoms with van der Waals surface area (Å²) in [7, 11) is 0. The van der Waals surface area contributed by atoms with Crippen LogP contribution in [0.1, 0.15) is 35.3 Å². The van der Waals surface area contributed by atoms with E-state index in [-0.39, 0.29) is 12.0 Å². The quantitative estimate of drug-likeness (QED) is 0.862. The summed E-state index contributed by atoms with van der Waals surface area (Å²) >= 11 is 0. The van der Waals surface area contributed by atoms with E-state index in [2.05, 4.69) is 5.32 Å². The Kier molecular flexibility index (Phi) is 5.55. The molecule has 116 valence electrons. The molecule has 0 aliphatic carbocycles. The molecular formula is C18H22N2O2. The molecule has 2 rings (SSSR count). The Morgan fingerprint density at radius 3 is 2.18 bits per heavy atom. The first-order valence-electron chi connectivity index (χ1n) is 7.41. The third kappa shape index (κ3) is 4.60. The molecule has 1 amide bonds. The zero-order valence-corrected chi connectivity index (χ0v) is 13.0. The monoisotopic (exact) mass is 298 g/mol. The van der Waals surface area contributed by atoms with Gasteiger partial charge in [0.15, 0.2) is 0 Å². The Bertz CT molecular complexity index is 604. The van der Waals surface area contributed by atoms with Gasteiger partial charge in [-0.3, -0.25) is 4.79 Å². The first-order valence-corrected chi connectivity index (χ1v) is 7.41. The molecule has 0 saturated heterocycles. The Hall–Kier alpha value is -2.33. The van der Waals surface area contributed by atoms with E-state index in [4.69, 9.17) is 10.5 Å². The predicted molar refractivity (Wildman–Crippen MR) is 87.7 cm³/mol. The molecule has 4 nitrogen and oxygen atoms in total. The first-order chi connectivity index (χ1) is 10.6. The van der Waals surface area contributed by atoms with Gasteiger partial charge in [0.2, 0.25) is 0 Å². The van der Waals surface area contributed by atoms with Crippen molar-refractivity contribution in [3.8, 4) is 5.75 Å². The number of nitrogens with two attached hydrogens (primary N) is 1. The minimum absolute atomic E-state index is 0.0916. The third-order valence-corrected chi connectivity index (χ3v) is 3.20. The van der Waals surface area contributed by atoms with Crippen LogP contribution in [0.4, 0.5) is 0 Å². The van der Waals surface area contributed by atoms with Gasteiger partial charge in [-0.15, -0.1) is 0 Å². The highest BCUT2D eigenvalue weighted by atomic mass is 16.5. The number of carbonyl (C=O) groups is 1. The molecule has 3 N–H and O–H groups in total. The van der Waals surface area contributed by atoms with Crippen LogP contribution in [-0.2, 0) is 13.1 Å². The van der Waals surface area contributed by atoms with Crippen molar-refractivity contribution in [3.05, 3.63) is 65.2 Å². The second kappa shape index (κ2) is 7.61. The summed E-state index contributed by atoms with van der Waals surface area (Å²) in [6.07, 6.45) is 0.155. The Morgan fingerprint density at radius 2 is 1.64 bits per heavy atom. The molecule has 0 spiro atoms. The molecule has 0 heterocycles. The van der Waals surface area contributed by atoms with Gasteiger partial charge in [0.25, 0.3) is 5.91 Å². The van der Waals surface area contributed by atoms with E-state index in [1.54, 1.807) is 12.1 Å². The van der Waals surface area contributed by atoms with Gasteiger partial charge in [0.05, 0.1) is 6.10 Å². The summed E-state index contributed by atoms with van der Waals surface area (Å²) in [6, 6.07) is 15.0. The van der Waals surface area contributed by atoms with Gasteiger partial charge in [0.1, 0.15) is 5.75 Å². The summed E-state index contributed by atoms with van der Waals surface area (Å²) < 4.78 is 5.59. The van der Waals surface area contributed by atoms with Crippen LogP contribution in [0.2, 0.25) is 0 Å². The number of ether oxygens (including phenoxy) is 1. The number of benzene rings is 2. The first kappa shape index (κ1) is 16.0. The fraction of sp³-hybridized carbons (Fsp3) is 0.278. The summed E-state index contributed by atoms with van der Waals surface area (Å²) in [5.41, 5.74) is 8.22. The lowest BCUT2D eigenvalue weighted by atomic mass is 10.1. The van der Waals surface area contributed by atoms with Crippen LogP contribution in [0, 0.1) is 0 Å². The molecule has 0 radical (unpaired) electrons. The van der Waals surface area contributed by atoms with Crippen LogP contribution in [0.15, 0.2) is 48.5 Å². The second-order valence-corrected chi connectivity index (χ2v) is 5.39. The molecule has 0 aliphatic rings. The van der Waals surface area contributed by atoms with Crippen LogP contribution >= 0.6 is 0 Å². The summed E-state index contributed by atoms with van der Waals surface area (Å²) in [4.78, 5) is 12.1. The Labute approximate surface area is 131 Å². The molecule has 4 heteroatoms. The van der Waals surface area contributed by atoms with Gasteiger partial charge >= 0.3 is 0 Å². The van der Waals surface area contributed by atoms with Crippen molar-refractivity contribution in [3.63, 3.8) is 0 Å². The Balaban J connectivity index is 1.90. The zero-order valence-electron chi connectivity index (χ0n) is 13.0. The lowest BCUT2D eigenvalue weighted by Gasteiger charge is -2.10. The molecule has 0 atom stereocenters. The minimum atomic E-state index is -0.0916.